The summed E-state index contributed by atoms with van der Waals surface area (Å²) in [6.45, 7) is 18.0. The van der Waals surface area contributed by atoms with Crippen molar-refractivity contribution >= 4 is 5.96 Å². The average Bonchev–Trinajstić information content (AvgIpc) is 3.11. The minimum Gasteiger partial charge on any atom is -0.443 e. The number of hydrogen-bond donors (Lipinski definition) is 2. The maximum Gasteiger partial charge on any atom is 0.213 e. The molecule has 26 heavy (non-hydrogen) atoms. The highest BCUT2D eigenvalue weighted by molar-refractivity contribution is 5.79. The summed E-state index contributed by atoms with van der Waals surface area (Å²) < 4.78 is 5.82. The quantitative estimate of drug-likeness (QED) is 0.591. The molecule has 1 aromatic rings. The molecule has 0 aliphatic carbocycles. The van der Waals surface area contributed by atoms with E-state index in [4.69, 9.17) is 4.42 Å². The van der Waals surface area contributed by atoms with Gasteiger partial charge in [0.1, 0.15) is 5.76 Å². The summed E-state index contributed by atoms with van der Waals surface area (Å²) in [4.78, 5) is 13.7. The SMILES string of the molecule is CCN1CCN(C(C)CNC(=NC)NCc2ncc(C(C)(C)C)o2)CC1. The molecular formula is C19H36N6O. The topological polar surface area (TPSA) is 68.9 Å². The van der Waals surface area contributed by atoms with E-state index in [1.807, 2.05) is 6.20 Å². The van der Waals surface area contributed by atoms with E-state index in [-0.39, 0.29) is 5.41 Å². The van der Waals surface area contributed by atoms with E-state index in [1.165, 1.54) is 0 Å². The van der Waals surface area contributed by atoms with Crippen molar-refractivity contribution in [2.24, 2.45) is 4.99 Å². The molecule has 7 nitrogen and oxygen atoms in total. The number of aliphatic imine (C=N–C) groups is 1. The minimum atomic E-state index is -0.0254. The number of rotatable bonds is 6. The van der Waals surface area contributed by atoms with Crippen LogP contribution in [0.25, 0.3) is 0 Å². The summed E-state index contributed by atoms with van der Waals surface area (Å²) in [5, 5.41) is 6.69. The highest BCUT2D eigenvalue weighted by Crippen LogP contribution is 2.22. The number of aromatic nitrogens is 1. The molecule has 148 valence electrons. The fraction of sp³-hybridized carbons (Fsp3) is 0.789. The van der Waals surface area contributed by atoms with Gasteiger partial charge in [0.15, 0.2) is 5.96 Å². The fourth-order valence-electron chi connectivity index (χ4n) is 3.01. The van der Waals surface area contributed by atoms with Crippen molar-refractivity contribution in [3.63, 3.8) is 0 Å². The van der Waals surface area contributed by atoms with Crippen LogP contribution < -0.4 is 10.6 Å². The van der Waals surface area contributed by atoms with E-state index in [0.29, 0.717) is 18.5 Å². The van der Waals surface area contributed by atoms with Gasteiger partial charge in [-0.2, -0.15) is 0 Å². The van der Waals surface area contributed by atoms with Gasteiger partial charge in [-0.15, -0.1) is 0 Å². The van der Waals surface area contributed by atoms with Gasteiger partial charge in [0, 0.05) is 51.2 Å². The lowest BCUT2D eigenvalue weighted by Crippen LogP contribution is -2.53. The molecule has 0 radical (unpaired) electrons. The van der Waals surface area contributed by atoms with Crippen LogP contribution in [0.3, 0.4) is 0 Å². The van der Waals surface area contributed by atoms with Crippen LogP contribution in [0.2, 0.25) is 0 Å². The lowest BCUT2D eigenvalue weighted by atomic mass is 9.94. The average molecular weight is 365 g/mol. The Hall–Kier alpha value is -1.60. The molecule has 0 amide bonds. The molecule has 1 saturated heterocycles. The third-order valence-corrected chi connectivity index (χ3v) is 4.97. The maximum absolute atomic E-state index is 5.82. The van der Waals surface area contributed by atoms with Gasteiger partial charge in [0.2, 0.25) is 5.89 Å². The van der Waals surface area contributed by atoms with Crippen molar-refractivity contribution in [2.75, 3.05) is 46.3 Å². The normalized spacial score (nSPS) is 18.8. The van der Waals surface area contributed by atoms with E-state index in [2.05, 4.69) is 65.0 Å². The van der Waals surface area contributed by atoms with Gasteiger partial charge in [0.05, 0.1) is 12.7 Å². The van der Waals surface area contributed by atoms with Gasteiger partial charge in [-0.1, -0.05) is 27.7 Å². The molecule has 2 heterocycles. The van der Waals surface area contributed by atoms with Crippen LogP contribution in [0.15, 0.2) is 15.6 Å². The van der Waals surface area contributed by atoms with Crippen LogP contribution in [0.5, 0.6) is 0 Å². The Morgan fingerprint density at radius 3 is 2.50 bits per heavy atom. The monoisotopic (exact) mass is 364 g/mol. The van der Waals surface area contributed by atoms with E-state index in [1.54, 1.807) is 7.05 Å². The molecule has 1 fully saturated rings. The molecule has 7 heteroatoms. The summed E-state index contributed by atoms with van der Waals surface area (Å²) in [5.74, 6) is 2.36. The van der Waals surface area contributed by atoms with E-state index in [9.17, 15) is 0 Å². The molecule has 2 N–H and O–H groups in total. The fourth-order valence-corrected chi connectivity index (χ4v) is 3.01. The number of hydrogen-bond acceptors (Lipinski definition) is 5. The summed E-state index contributed by atoms with van der Waals surface area (Å²) in [6, 6.07) is 0.474. The van der Waals surface area contributed by atoms with Crippen LogP contribution in [0, 0.1) is 0 Å². The van der Waals surface area contributed by atoms with E-state index in [0.717, 1.165) is 51.0 Å². The molecule has 1 unspecified atom stereocenters. The summed E-state index contributed by atoms with van der Waals surface area (Å²) in [6.07, 6.45) is 1.81. The van der Waals surface area contributed by atoms with Crippen molar-refractivity contribution in [1.82, 2.24) is 25.4 Å². The van der Waals surface area contributed by atoms with Crippen LogP contribution in [-0.4, -0.2) is 73.1 Å². The van der Waals surface area contributed by atoms with Gasteiger partial charge in [-0.3, -0.25) is 9.89 Å². The molecule has 0 spiro atoms. The highest BCUT2D eigenvalue weighted by atomic mass is 16.4. The number of piperazine rings is 1. The minimum absolute atomic E-state index is 0.0254. The second-order valence-electron chi connectivity index (χ2n) is 7.99. The Labute approximate surface area is 158 Å². The van der Waals surface area contributed by atoms with Crippen molar-refractivity contribution in [2.45, 2.75) is 52.6 Å². The zero-order valence-corrected chi connectivity index (χ0v) is 17.3. The Kier molecular flexibility index (Phi) is 7.46. The molecule has 1 atom stereocenters. The molecular weight excluding hydrogens is 328 g/mol. The molecule has 0 bridgehead atoms. The molecule has 0 saturated carbocycles. The smallest absolute Gasteiger partial charge is 0.213 e. The van der Waals surface area contributed by atoms with Crippen molar-refractivity contribution < 1.29 is 4.42 Å². The van der Waals surface area contributed by atoms with E-state index >= 15 is 0 Å². The Morgan fingerprint density at radius 1 is 1.27 bits per heavy atom. The number of likely N-dealkylation sites (N-methyl/N-ethyl adjacent to an activating group) is 1. The zero-order chi connectivity index (χ0) is 19.2. The Morgan fingerprint density at radius 2 is 1.96 bits per heavy atom. The van der Waals surface area contributed by atoms with Crippen molar-refractivity contribution in [1.29, 1.82) is 0 Å². The summed E-state index contributed by atoms with van der Waals surface area (Å²) in [5.41, 5.74) is -0.0254. The molecule has 1 aromatic heterocycles. The summed E-state index contributed by atoms with van der Waals surface area (Å²) in [7, 11) is 1.79. The first-order valence-corrected chi connectivity index (χ1v) is 9.69. The first-order chi connectivity index (χ1) is 12.3. The predicted molar refractivity (Wildman–Crippen MR) is 107 cm³/mol. The van der Waals surface area contributed by atoms with E-state index < -0.39 is 0 Å². The van der Waals surface area contributed by atoms with Gasteiger partial charge >= 0.3 is 0 Å². The van der Waals surface area contributed by atoms with Gasteiger partial charge in [0.25, 0.3) is 0 Å². The first kappa shape index (κ1) is 20.7. The predicted octanol–water partition coefficient (Wildman–Crippen LogP) is 1.66. The highest BCUT2D eigenvalue weighted by Gasteiger charge is 2.21. The Bertz CT molecular complexity index is 569. The van der Waals surface area contributed by atoms with Crippen LogP contribution in [-0.2, 0) is 12.0 Å². The molecule has 1 aliphatic heterocycles. The molecule has 0 aromatic carbocycles. The molecule has 1 aliphatic rings. The lowest BCUT2D eigenvalue weighted by molar-refractivity contribution is 0.107. The van der Waals surface area contributed by atoms with Crippen LogP contribution in [0.4, 0.5) is 0 Å². The largest absolute Gasteiger partial charge is 0.443 e. The standard InChI is InChI=1S/C19H36N6O/c1-7-24-8-10-25(11-9-24)15(2)12-22-18(20-6)23-14-17-21-13-16(26-17)19(3,4)5/h13,15H,7-12,14H2,1-6H3,(H2,20,22,23). The van der Waals surface area contributed by atoms with Gasteiger partial charge in [-0.05, 0) is 13.5 Å². The number of guanidine groups is 1. The molecule has 2 rings (SSSR count). The third kappa shape index (κ3) is 5.99. The third-order valence-electron chi connectivity index (χ3n) is 4.97. The lowest BCUT2D eigenvalue weighted by Gasteiger charge is -2.37. The van der Waals surface area contributed by atoms with Crippen LogP contribution in [0.1, 0.15) is 46.3 Å². The van der Waals surface area contributed by atoms with Crippen molar-refractivity contribution in [3.8, 4) is 0 Å². The maximum atomic E-state index is 5.82. The summed E-state index contributed by atoms with van der Waals surface area (Å²) >= 11 is 0. The van der Waals surface area contributed by atoms with Gasteiger partial charge in [-0.25, -0.2) is 4.98 Å². The first-order valence-electron chi connectivity index (χ1n) is 9.69. The number of nitrogens with zero attached hydrogens (tertiary/aromatic N) is 4. The zero-order valence-electron chi connectivity index (χ0n) is 17.3. The number of oxazole rings is 1. The van der Waals surface area contributed by atoms with Gasteiger partial charge < -0.3 is 20.0 Å². The Balaban J connectivity index is 1.75. The van der Waals surface area contributed by atoms with Crippen molar-refractivity contribution in [3.05, 3.63) is 17.8 Å². The second kappa shape index (κ2) is 9.37. The number of nitrogens with one attached hydrogen (secondary N) is 2. The second-order valence-corrected chi connectivity index (χ2v) is 7.99. The van der Waals surface area contributed by atoms with Crippen LogP contribution >= 0.6 is 0 Å².